The van der Waals surface area contributed by atoms with E-state index in [-0.39, 0.29) is 12.2 Å². The maximum atomic E-state index is 12.8. The molecule has 0 amide bonds. The molecule has 0 unspecified atom stereocenters. The molecule has 0 aliphatic heterocycles. The van der Waals surface area contributed by atoms with Gasteiger partial charge >= 0.3 is 0 Å². The number of halogens is 2. The lowest BCUT2D eigenvalue weighted by molar-refractivity contribution is 0.276. The Kier molecular flexibility index (Phi) is 2.47. The number of hydrogen-bond acceptors (Lipinski definition) is 1. The Morgan fingerprint density at radius 3 is 2.64 bits per heavy atom. The molecular formula is C8H8ClFO. The first-order valence-electron chi connectivity index (χ1n) is 3.21. The molecule has 3 heteroatoms. The quantitative estimate of drug-likeness (QED) is 0.693. The van der Waals surface area contributed by atoms with Gasteiger partial charge in [-0.1, -0.05) is 17.7 Å². The SMILES string of the molecule is Cc1ccc(F)c(CO)c1Cl. The minimum absolute atomic E-state index is 0.173. The normalized spacial score (nSPS) is 10.2. The van der Waals surface area contributed by atoms with Crippen molar-refractivity contribution < 1.29 is 9.50 Å². The zero-order valence-corrected chi connectivity index (χ0v) is 6.82. The molecule has 60 valence electrons. The molecule has 1 aromatic rings. The van der Waals surface area contributed by atoms with Gasteiger partial charge < -0.3 is 5.11 Å². The topological polar surface area (TPSA) is 20.2 Å². The van der Waals surface area contributed by atoms with Crippen LogP contribution in [-0.4, -0.2) is 5.11 Å². The summed E-state index contributed by atoms with van der Waals surface area (Å²) in [5.41, 5.74) is 0.948. The molecule has 1 rings (SSSR count). The van der Waals surface area contributed by atoms with Crippen molar-refractivity contribution in [3.63, 3.8) is 0 Å². The van der Waals surface area contributed by atoms with Gasteiger partial charge in [0.15, 0.2) is 0 Å². The summed E-state index contributed by atoms with van der Waals surface area (Å²) in [6.07, 6.45) is 0. The van der Waals surface area contributed by atoms with Gasteiger partial charge in [-0.25, -0.2) is 4.39 Å². The average molecular weight is 175 g/mol. The summed E-state index contributed by atoms with van der Waals surface area (Å²) >= 11 is 5.70. The second kappa shape index (κ2) is 3.20. The predicted molar refractivity (Wildman–Crippen MR) is 42.1 cm³/mol. The van der Waals surface area contributed by atoms with Gasteiger partial charge in [0.25, 0.3) is 0 Å². The van der Waals surface area contributed by atoms with Crippen LogP contribution in [0.2, 0.25) is 5.02 Å². The van der Waals surface area contributed by atoms with Crippen LogP contribution < -0.4 is 0 Å². The Balaban J connectivity index is 3.29. The molecule has 1 nitrogen and oxygen atoms in total. The molecule has 0 radical (unpaired) electrons. The van der Waals surface area contributed by atoms with Crippen LogP contribution in [0.1, 0.15) is 11.1 Å². The molecule has 11 heavy (non-hydrogen) atoms. The maximum absolute atomic E-state index is 12.8. The van der Waals surface area contributed by atoms with Crippen molar-refractivity contribution in [3.8, 4) is 0 Å². The Hall–Kier alpha value is -0.600. The number of aryl methyl sites for hydroxylation is 1. The van der Waals surface area contributed by atoms with Crippen LogP contribution in [0.5, 0.6) is 0 Å². The first-order valence-corrected chi connectivity index (χ1v) is 3.59. The van der Waals surface area contributed by atoms with Gasteiger partial charge in [0.05, 0.1) is 11.6 Å². The average Bonchev–Trinajstić information content (AvgIpc) is 1.99. The van der Waals surface area contributed by atoms with E-state index < -0.39 is 5.82 Å². The smallest absolute Gasteiger partial charge is 0.130 e. The van der Waals surface area contributed by atoms with E-state index in [1.165, 1.54) is 6.07 Å². The zero-order valence-electron chi connectivity index (χ0n) is 6.06. The van der Waals surface area contributed by atoms with Crippen molar-refractivity contribution in [1.29, 1.82) is 0 Å². The summed E-state index contributed by atoms with van der Waals surface area (Å²) in [5, 5.41) is 9.01. The highest BCUT2D eigenvalue weighted by Gasteiger charge is 2.07. The van der Waals surface area contributed by atoms with E-state index in [1.54, 1.807) is 13.0 Å². The summed E-state index contributed by atoms with van der Waals surface area (Å²) in [4.78, 5) is 0. The van der Waals surface area contributed by atoms with Gasteiger partial charge in [0.2, 0.25) is 0 Å². The van der Waals surface area contributed by atoms with Crippen molar-refractivity contribution in [1.82, 2.24) is 0 Å². The van der Waals surface area contributed by atoms with E-state index in [0.29, 0.717) is 5.02 Å². The highest BCUT2D eigenvalue weighted by molar-refractivity contribution is 6.32. The van der Waals surface area contributed by atoms with Crippen LogP contribution in [0.3, 0.4) is 0 Å². The van der Waals surface area contributed by atoms with E-state index >= 15 is 0 Å². The first kappa shape index (κ1) is 8.50. The molecular weight excluding hydrogens is 167 g/mol. The Morgan fingerprint density at radius 2 is 2.18 bits per heavy atom. The fraction of sp³-hybridized carbons (Fsp3) is 0.250. The van der Waals surface area contributed by atoms with Crippen molar-refractivity contribution in [2.45, 2.75) is 13.5 Å². The number of hydrogen-bond donors (Lipinski definition) is 1. The third kappa shape index (κ3) is 1.52. The molecule has 0 bridgehead atoms. The van der Waals surface area contributed by atoms with E-state index in [9.17, 15) is 4.39 Å². The van der Waals surface area contributed by atoms with Gasteiger partial charge in [0.1, 0.15) is 5.82 Å². The zero-order chi connectivity index (χ0) is 8.43. The first-order chi connectivity index (χ1) is 5.16. The fourth-order valence-electron chi connectivity index (χ4n) is 0.860. The molecule has 0 aromatic heterocycles. The molecule has 0 spiro atoms. The molecule has 0 atom stereocenters. The van der Waals surface area contributed by atoms with Crippen LogP contribution in [0.25, 0.3) is 0 Å². The van der Waals surface area contributed by atoms with E-state index in [2.05, 4.69) is 0 Å². The van der Waals surface area contributed by atoms with Gasteiger partial charge in [-0.05, 0) is 18.6 Å². The standard InChI is InChI=1S/C8H8ClFO/c1-5-2-3-7(10)6(4-11)8(5)9/h2-3,11H,4H2,1H3. The van der Waals surface area contributed by atoms with Crippen molar-refractivity contribution >= 4 is 11.6 Å². The van der Waals surface area contributed by atoms with Crippen LogP contribution in [0.4, 0.5) is 4.39 Å². The van der Waals surface area contributed by atoms with E-state index in [4.69, 9.17) is 16.7 Å². The molecule has 1 aromatic carbocycles. The summed E-state index contributed by atoms with van der Waals surface area (Å²) in [5.74, 6) is -0.455. The number of rotatable bonds is 1. The second-order valence-electron chi connectivity index (χ2n) is 2.31. The van der Waals surface area contributed by atoms with E-state index in [1.807, 2.05) is 0 Å². The van der Waals surface area contributed by atoms with Gasteiger partial charge in [0, 0.05) is 5.56 Å². The van der Waals surface area contributed by atoms with Gasteiger partial charge in [-0.3, -0.25) is 0 Å². The van der Waals surface area contributed by atoms with Crippen molar-refractivity contribution in [2.75, 3.05) is 0 Å². The monoisotopic (exact) mass is 174 g/mol. The largest absolute Gasteiger partial charge is 0.392 e. The maximum Gasteiger partial charge on any atom is 0.130 e. The third-order valence-corrected chi connectivity index (χ3v) is 2.06. The Morgan fingerprint density at radius 1 is 1.55 bits per heavy atom. The third-order valence-electron chi connectivity index (χ3n) is 1.54. The summed E-state index contributed by atoms with van der Waals surface area (Å²) in [7, 11) is 0. The molecule has 1 N–H and O–H groups in total. The Bertz CT molecular complexity index is 273. The van der Waals surface area contributed by atoms with Crippen LogP contribution >= 0.6 is 11.6 Å². The van der Waals surface area contributed by atoms with Crippen LogP contribution in [0, 0.1) is 12.7 Å². The lowest BCUT2D eigenvalue weighted by atomic mass is 10.1. The number of aliphatic hydroxyl groups excluding tert-OH is 1. The van der Waals surface area contributed by atoms with Crippen molar-refractivity contribution in [3.05, 3.63) is 34.1 Å². The Labute approximate surface area is 69.4 Å². The fourth-order valence-corrected chi connectivity index (χ4v) is 1.07. The molecule has 0 fully saturated rings. The molecule has 0 heterocycles. The molecule has 0 aliphatic carbocycles. The predicted octanol–water partition coefficient (Wildman–Crippen LogP) is 2.28. The van der Waals surface area contributed by atoms with Crippen LogP contribution in [0.15, 0.2) is 12.1 Å². The van der Waals surface area contributed by atoms with Gasteiger partial charge in [-0.2, -0.15) is 0 Å². The molecule has 0 saturated heterocycles. The highest BCUT2D eigenvalue weighted by Crippen LogP contribution is 2.22. The van der Waals surface area contributed by atoms with Gasteiger partial charge in [-0.15, -0.1) is 0 Å². The van der Waals surface area contributed by atoms with E-state index in [0.717, 1.165) is 5.56 Å². The number of aliphatic hydroxyl groups is 1. The summed E-state index contributed by atoms with van der Waals surface area (Å²) in [6.45, 7) is 1.41. The summed E-state index contributed by atoms with van der Waals surface area (Å²) < 4.78 is 12.8. The lowest BCUT2D eigenvalue weighted by Gasteiger charge is -2.03. The number of benzene rings is 1. The highest BCUT2D eigenvalue weighted by atomic mass is 35.5. The lowest BCUT2D eigenvalue weighted by Crippen LogP contribution is -1.92. The van der Waals surface area contributed by atoms with Crippen molar-refractivity contribution in [2.24, 2.45) is 0 Å². The molecule has 0 aliphatic rings. The summed E-state index contributed by atoms with van der Waals surface area (Å²) in [6, 6.07) is 2.88. The minimum atomic E-state index is -0.455. The molecule has 0 saturated carbocycles. The van der Waals surface area contributed by atoms with Crippen LogP contribution in [-0.2, 0) is 6.61 Å². The second-order valence-corrected chi connectivity index (χ2v) is 2.69. The minimum Gasteiger partial charge on any atom is -0.392 e.